The van der Waals surface area contributed by atoms with E-state index in [0.29, 0.717) is 23.5 Å². The molecule has 1 saturated heterocycles. The minimum absolute atomic E-state index is 0.00523. The van der Waals surface area contributed by atoms with Crippen LogP contribution in [0, 0.1) is 6.92 Å². The van der Waals surface area contributed by atoms with Gasteiger partial charge in [0.15, 0.2) is 0 Å². The monoisotopic (exact) mass is 342 g/mol. The van der Waals surface area contributed by atoms with E-state index in [1.165, 1.54) is 30.2 Å². The Hall–Kier alpha value is -2.21. The van der Waals surface area contributed by atoms with E-state index < -0.39 is 0 Å². The van der Waals surface area contributed by atoms with Gasteiger partial charge in [-0.2, -0.15) is 0 Å². The molecule has 1 N–H and O–H groups in total. The zero-order valence-corrected chi connectivity index (χ0v) is 15.0. The van der Waals surface area contributed by atoms with Crippen LogP contribution in [0.5, 0.6) is 0 Å². The molecule has 6 heteroatoms. The van der Waals surface area contributed by atoms with Crippen molar-refractivity contribution in [2.24, 2.45) is 0 Å². The van der Waals surface area contributed by atoms with E-state index in [0.717, 1.165) is 18.7 Å². The molecule has 0 radical (unpaired) electrons. The fraction of sp³-hybridized carbons (Fsp3) is 0.526. The first-order valence-corrected chi connectivity index (χ1v) is 9.02. The van der Waals surface area contributed by atoms with Crippen molar-refractivity contribution in [3.05, 3.63) is 40.4 Å². The van der Waals surface area contributed by atoms with Crippen molar-refractivity contribution in [3.8, 4) is 0 Å². The number of para-hydroxylation sites is 1. The second-order valence-electron chi connectivity index (χ2n) is 6.88. The number of carbonyl (C=O) groups excluding carboxylic acids is 1. The van der Waals surface area contributed by atoms with Crippen LogP contribution >= 0.6 is 0 Å². The summed E-state index contributed by atoms with van der Waals surface area (Å²) in [4.78, 5) is 31.4. The summed E-state index contributed by atoms with van der Waals surface area (Å²) in [6.45, 7) is 6.74. The number of likely N-dealkylation sites (tertiary alicyclic amines) is 1. The average Bonchev–Trinajstić information content (AvgIpc) is 2.60. The lowest BCUT2D eigenvalue weighted by molar-refractivity contribution is -0.121. The minimum Gasteiger partial charge on any atom is -0.353 e. The summed E-state index contributed by atoms with van der Waals surface area (Å²) in [6, 6.07) is 6.10. The highest BCUT2D eigenvalue weighted by Crippen LogP contribution is 2.15. The van der Waals surface area contributed by atoms with Crippen molar-refractivity contribution in [2.45, 2.75) is 45.7 Å². The van der Waals surface area contributed by atoms with E-state index in [-0.39, 0.29) is 18.0 Å². The molecular formula is C19H26N4O2. The predicted molar refractivity (Wildman–Crippen MR) is 98.6 cm³/mol. The Bertz CT molecular complexity index is 815. The summed E-state index contributed by atoms with van der Waals surface area (Å²) in [5.41, 5.74) is 1.48. The van der Waals surface area contributed by atoms with Gasteiger partial charge in [-0.25, -0.2) is 4.98 Å². The van der Waals surface area contributed by atoms with E-state index in [1.54, 1.807) is 6.07 Å². The Kier molecular flexibility index (Phi) is 5.48. The first-order valence-electron chi connectivity index (χ1n) is 9.02. The van der Waals surface area contributed by atoms with Gasteiger partial charge in [0, 0.05) is 19.1 Å². The van der Waals surface area contributed by atoms with Crippen LogP contribution in [0.1, 0.15) is 31.7 Å². The van der Waals surface area contributed by atoms with Gasteiger partial charge >= 0.3 is 0 Å². The molecule has 0 spiro atoms. The van der Waals surface area contributed by atoms with Gasteiger partial charge in [0.2, 0.25) is 5.91 Å². The lowest BCUT2D eigenvalue weighted by Gasteiger charge is -2.33. The number of piperidine rings is 1. The molecule has 2 aromatic rings. The Morgan fingerprint density at radius 3 is 3.00 bits per heavy atom. The number of benzene rings is 1. The normalized spacial score (nSPS) is 18.4. The van der Waals surface area contributed by atoms with Crippen molar-refractivity contribution < 1.29 is 4.79 Å². The van der Waals surface area contributed by atoms with Gasteiger partial charge in [0.1, 0.15) is 6.54 Å². The highest BCUT2D eigenvalue weighted by atomic mass is 16.2. The summed E-state index contributed by atoms with van der Waals surface area (Å²) in [5.74, 6) is -0.152. The maximum Gasteiger partial charge on any atom is 0.261 e. The highest BCUT2D eigenvalue weighted by Gasteiger charge is 2.17. The molecule has 1 aromatic heterocycles. The third-order valence-corrected chi connectivity index (χ3v) is 5.03. The topological polar surface area (TPSA) is 67.2 Å². The molecular weight excluding hydrogens is 316 g/mol. The maximum absolute atomic E-state index is 12.5. The predicted octanol–water partition coefficient (Wildman–Crippen LogP) is 1.70. The zero-order chi connectivity index (χ0) is 17.8. The molecule has 0 aliphatic carbocycles. The summed E-state index contributed by atoms with van der Waals surface area (Å²) in [7, 11) is 0. The van der Waals surface area contributed by atoms with Crippen molar-refractivity contribution in [3.63, 3.8) is 0 Å². The SMILES string of the molecule is Cc1cccc2c(=O)n(CC(=O)NCCN3CCCCC3C)cnc12. The fourth-order valence-electron chi connectivity index (χ4n) is 3.49. The van der Waals surface area contributed by atoms with Gasteiger partial charge in [0.25, 0.3) is 5.56 Å². The smallest absolute Gasteiger partial charge is 0.261 e. The molecule has 1 aromatic carbocycles. The molecule has 25 heavy (non-hydrogen) atoms. The van der Waals surface area contributed by atoms with Gasteiger partial charge in [-0.05, 0) is 44.9 Å². The quantitative estimate of drug-likeness (QED) is 0.898. The summed E-state index contributed by atoms with van der Waals surface area (Å²) >= 11 is 0. The number of amides is 1. The Morgan fingerprint density at radius 2 is 2.20 bits per heavy atom. The van der Waals surface area contributed by atoms with Crippen LogP contribution in [0.4, 0.5) is 0 Å². The van der Waals surface area contributed by atoms with E-state index >= 15 is 0 Å². The molecule has 1 atom stereocenters. The number of nitrogens with zero attached hydrogens (tertiary/aromatic N) is 3. The summed E-state index contributed by atoms with van der Waals surface area (Å²) in [5, 5.41) is 3.47. The number of aromatic nitrogens is 2. The molecule has 1 aliphatic heterocycles. The van der Waals surface area contributed by atoms with E-state index in [2.05, 4.69) is 22.1 Å². The number of hydrogen-bond donors (Lipinski definition) is 1. The molecule has 134 valence electrons. The molecule has 0 saturated carbocycles. The number of nitrogens with one attached hydrogen (secondary N) is 1. The van der Waals surface area contributed by atoms with Crippen LogP contribution in [-0.2, 0) is 11.3 Å². The highest BCUT2D eigenvalue weighted by molar-refractivity contribution is 5.81. The number of hydrogen-bond acceptors (Lipinski definition) is 4. The van der Waals surface area contributed by atoms with E-state index in [4.69, 9.17) is 0 Å². The fourth-order valence-corrected chi connectivity index (χ4v) is 3.49. The van der Waals surface area contributed by atoms with Crippen molar-refractivity contribution >= 4 is 16.8 Å². The number of rotatable bonds is 5. The van der Waals surface area contributed by atoms with Crippen molar-refractivity contribution in [2.75, 3.05) is 19.6 Å². The molecule has 1 unspecified atom stereocenters. The van der Waals surface area contributed by atoms with Gasteiger partial charge in [-0.15, -0.1) is 0 Å². The third-order valence-electron chi connectivity index (χ3n) is 5.03. The van der Waals surface area contributed by atoms with Gasteiger partial charge in [0.05, 0.1) is 17.2 Å². The second kappa shape index (κ2) is 7.78. The molecule has 1 aliphatic rings. The lowest BCUT2D eigenvalue weighted by Crippen LogP contribution is -2.43. The second-order valence-corrected chi connectivity index (χ2v) is 6.88. The molecule has 1 fully saturated rings. The standard InChI is InChI=1S/C19H26N4O2/c1-14-6-5-8-16-18(14)21-13-23(19(16)25)12-17(24)20-9-11-22-10-4-3-7-15(22)2/h5-6,8,13,15H,3-4,7,9-12H2,1-2H3,(H,20,24). The average molecular weight is 342 g/mol. The summed E-state index contributed by atoms with van der Waals surface area (Å²) < 4.78 is 1.38. The molecule has 2 heterocycles. The number of fused-ring (bicyclic) bond motifs is 1. The number of carbonyl (C=O) groups is 1. The zero-order valence-electron chi connectivity index (χ0n) is 15.0. The molecule has 6 nitrogen and oxygen atoms in total. The maximum atomic E-state index is 12.5. The van der Waals surface area contributed by atoms with Crippen molar-refractivity contribution in [1.82, 2.24) is 19.8 Å². The van der Waals surface area contributed by atoms with Crippen LogP contribution in [0.15, 0.2) is 29.3 Å². The first-order chi connectivity index (χ1) is 12.1. The number of aryl methyl sites for hydroxylation is 1. The molecule has 0 bridgehead atoms. The largest absolute Gasteiger partial charge is 0.353 e. The van der Waals surface area contributed by atoms with Crippen LogP contribution in [0.25, 0.3) is 10.9 Å². The van der Waals surface area contributed by atoms with E-state index in [9.17, 15) is 9.59 Å². The van der Waals surface area contributed by atoms with Crippen LogP contribution in [-0.4, -0.2) is 46.0 Å². The Morgan fingerprint density at radius 1 is 1.36 bits per heavy atom. The van der Waals surface area contributed by atoms with Crippen molar-refractivity contribution in [1.29, 1.82) is 0 Å². The van der Waals surface area contributed by atoms with Crippen LogP contribution in [0.2, 0.25) is 0 Å². The van der Waals surface area contributed by atoms with Crippen LogP contribution in [0.3, 0.4) is 0 Å². The van der Waals surface area contributed by atoms with E-state index in [1.807, 2.05) is 19.1 Å². The third kappa shape index (κ3) is 4.07. The van der Waals surface area contributed by atoms with Gasteiger partial charge in [-0.3, -0.25) is 19.1 Å². The minimum atomic E-state index is -0.173. The van der Waals surface area contributed by atoms with Crippen LogP contribution < -0.4 is 10.9 Å². The summed E-state index contributed by atoms with van der Waals surface area (Å²) in [6.07, 6.45) is 5.21. The molecule has 3 rings (SSSR count). The lowest BCUT2D eigenvalue weighted by atomic mass is 10.0. The Labute approximate surface area is 147 Å². The Balaban J connectivity index is 1.59. The first kappa shape index (κ1) is 17.6. The molecule has 1 amide bonds. The van der Waals surface area contributed by atoms with Gasteiger partial charge < -0.3 is 5.32 Å². The van der Waals surface area contributed by atoms with Gasteiger partial charge in [-0.1, -0.05) is 18.6 Å².